The second-order valence-corrected chi connectivity index (χ2v) is 3.80. The molecule has 1 aliphatic rings. The lowest BCUT2D eigenvalue weighted by Gasteiger charge is -2.28. The van der Waals surface area contributed by atoms with Gasteiger partial charge in [-0.3, -0.25) is 0 Å². The molecule has 1 heterocycles. The first kappa shape index (κ1) is 9.65. The van der Waals surface area contributed by atoms with Gasteiger partial charge in [0.1, 0.15) is 5.60 Å². The van der Waals surface area contributed by atoms with E-state index in [2.05, 4.69) is 5.32 Å². The molecule has 1 aliphatic heterocycles. The Kier molecular flexibility index (Phi) is 2.54. The topological polar surface area (TPSA) is 52.5 Å². The Bertz CT molecular complexity index is 301. The van der Waals surface area contributed by atoms with Gasteiger partial charge in [-0.1, -0.05) is 30.3 Å². The standard InChI is InChI=1S/C11H15NO2/c13-7-10-6-12-8-11(10,14)9-4-2-1-3-5-9/h1-5,10,12-14H,6-8H2/t10-,11+/m1/s1. The van der Waals surface area contributed by atoms with Gasteiger partial charge in [0.2, 0.25) is 0 Å². The third kappa shape index (κ3) is 1.43. The highest BCUT2D eigenvalue weighted by atomic mass is 16.3. The summed E-state index contributed by atoms with van der Waals surface area (Å²) in [6.07, 6.45) is 0. The van der Waals surface area contributed by atoms with E-state index in [9.17, 15) is 5.11 Å². The number of hydrogen-bond donors (Lipinski definition) is 3. The third-order valence-corrected chi connectivity index (χ3v) is 2.95. The Hall–Kier alpha value is -0.900. The van der Waals surface area contributed by atoms with Gasteiger partial charge in [0, 0.05) is 19.0 Å². The maximum Gasteiger partial charge on any atom is 0.108 e. The molecule has 3 heteroatoms. The molecule has 1 saturated heterocycles. The summed E-state index contributed by atoms with van der Waals surface area (Å²) < 4.78 is 0. The van der Waals surface area contributed by atoms with Gasteiger partial charge in [0.15, 0.2) is 0 Å². The van der Waals surface area contributed by atoms with Crippen LogP contribution in [0.2, 0.25) is 0 Å². The number of nitrogens with one attached hydrogen (secondary N) is 1. The molecule has 0 saturated carbocycles. The molecule has 0 unspecified atom stereocenters. The second-order valence-electron chi connectivity index (χ2n) is 3.80. The van der Waals surface area contributed by atoms with Crippen LogP contribution in [0.15, 0.2) is 30.3 Å². The summed E-state index contributed by atoms with van der Waals surface area (Å²) in [7, 11) is 0. The predicted molar refractivity (Wildman–Crippen MR) is 53.8 cm³/mol. The number of benzene rings is 1. The van der Waals surface area contributed by atoms with Gasteiger partial charge in [0.05, 0.1) is 6.61 Å². The molecule has 3 nitrogen and oxygen atoms in total. The van der Waals surface area contributed by atoms with Gasteiger partial charge >= 0.3 is 0 Å². The van der Waals surface area contributed by atoms with Gasteiger partial charge in [0.25, 0.3) is 0 Å². The van der Waals surface area contributed by atoms with E-state index in [0.717, 1.165) is 5.56 Å². The lowest BCUT2D eigenvalue weighted by molar-refractivity contribution is -0.00909. The van der Waals surface area contributed by atoms with Crippen molar-refractivity contribution in [2.24, 2.45) is 5.92 Å². The normalized spacial score (nSPS) is 32.0. The molecular weight excluding hydrogens is 178 g/mol. The van der Waals surface area contributed by atoms with E-state index in [1.807, 2.05) is 30.3 Å². The zero-order valence-corrected chi connectivity index (χ0v) is 7.98. The summed E-state index contributed by atoms with van der Waals surface area (Å²) in [6.45, 7) is 1.20. The monoisotopic (exact) mass is 193 g/mol. The first-order valence-electron chi connectivity index (χ1n) is 4.87. The van der Waals surface area contributed by atoms with Crippen molar-refractivity contribution in [3.05, 3.63) is 35.9 Å². The van der Waals surface area contributed by atoms with E-state index < -0.39 is 5.60 Å². The lowest BCUT2D eigenvalue weighted by atomic mass is 9.84. The molecule has 0 spiro atoms. The molecule has 1 fully saturated rings. The Morgan fingerprint density at radius 1 is 1.36 bits per heavy atom. The van der Waals surface area contributed by atoms with Gasteiger partial charge < -0.3 is 15.5 Å². The maximum absolute atomic E-state index is 10.4. The molecule has 0 aliphatic carbocycles. The van der Waals surface area contributed by atoms with E-state index in [1.165, 1.54) is 0 Å². The fourth-order valence-electron chi connectivity index (χ4n) is 2.03. The van der Waals surface area contributed by atoms with Crippen LogP contribution in [0.25, 0.3) is 0 Å². The molecule has 3 N–H and O–H groups in total. The Morgan fingerprint density at radius 2 is 2.07 bits per heavy atom. The summed E-state index contributed by atoms with van der Waals surface area (Å²) >= 11 is 0. The Balaban J connectivity index is 2.31. The average Bonchev–Trinajstić information content (AvgIpc) is 2.62. The van der Waals surface area contributed by atoms with Crippen LogP contribution in [0.5, 0.6) is 0 Å². The summed E-state index contributed by atoms with van der Waals surface area (Å²) in [6, 6.07) is 9.52. The summed E-state index contributed by atoms with van der Waals surface area (Å²) in [5.74, 6) is -0.107. The zero-order chi connectivity index (χ0) is 10.0. The average molecular weight is 193 g/mol. The molecule has 0 radical (unpaired) electrons. The van der Waals surface area contributed by atoms with Crippen molar-refractivity contribution < 1.29 is 10.2 Å². The van der Waals surface area contributed by atoms with Crippen molar-refractivity contribution in [2.75, 3.05) is 19.7 Å². The van der Waals surface area contributed by atoms with Crippen LogP contribution in [0.3, 0.4) is 0 Å². The molecule has 0 amide bonds. The molecule has 2 rings (SSSR count). The van der Waals surface area contributed by atoms with Crippen molar-refractivity contribution in [1.82, 2.24) is 5.32 Å². The first-order valence-corrected chi connectivity index (χ1v) is 4.87. The van der Waals surface area contributed by atoms with Gasteiger partial charge in [-0.05, 0) is 5.56 Å². The minimum atomic E-state index is -0.907. The highest BCUT2D eigenvalue weighted by molar-refractivity contribution is 5.25. The van der Waals surface area contributed by atoms with Crippen molar-refractivity contribution in [2.45, 2.75) is 5.60 Å². The minimum Gasteiger partial charge on any atom is -0.396 e. The number of hydrogen-bond acceptors (Lipinski definition) is 3. The molecular formula is C11H15NO2. The molecule has 14 heavy (non-hydrogen) atoms. The fourth-order valence-corrected chi connectivity index (χ4v) is 2.03. The van der Waals surface area contributed by atoms with Crippen molar-refractivity contribution in [3.63, 3.8) is 0 Å². The van der Waals surface area contributed by atoms with Gasteiger partial charge in [-0.15, -0.1) is 0 Å². The Morgan fingerprint density at radius 3 is 2.71 bits per heavy atom. The summed E-state index contributed by atoms with van der Waals surface area (Å²) in [5.41, 5.74) is -0.0280. The van der Waals surface area contributed by atoms with Crippen LogP contribution in [0.4, 0.5) is 0 Å². The highest BCUT2D eigenvalue weighted by Crippen LogP contribution is 2.32. The van der Waals surface area contributed by atoms with E-state index in [1.54, 1.807) is 0 Å². The minimum absolute atomic E-state index is 0.0123. The smallest absolute Gasteiger partial charge is 0.108 e. The van der Waals surface area contributed by atoms with Gasteiger partial charge in [-0.25, -0.2) is 0 Å². The van der Waals surface area contributed by atoms with Crippen LogP contribution in [-0.2, 0) is 5.60 Å². The third-order valence-electron chi connectivity index (χ3n) is 2.95. The number of aliphatic hydroxyl groups is 2. The summed E-state index contributed by atoms with van der Waals surface area (Å²) in [4.78, 5) is 0. The lowest BCUT2D eigenvalue weighted by Crippen LogP contribution is -2.36. The van der Waals surface area contributed by atoms with E-state index >= 15 is 0 Å². The number of rotatable bonds is 2. The zero-order valence-electron chi connectivity index (χ0n) is 7.98. The van der Waals surface area contributed by atoms with Crippen LogP contribution < -0.4 is 5.32 Å². The predicted octanol–water partition coefficient (Wildman–Crippen LogP) is 0.0859. The van der Waals surface area contributed by atoms with Crippen LogP contribution in [-0.4, -0.2) is 29.9 Å². The van der Waals surface area contributed by atoms with E-state index in [-0.39, 0.29) is 12.5 Å². The van der Waals surface area contributed by atoms with Crippen LogP contribution in [0.1, 0.15) is 5.56 Å². The SMILES string of the molecule is OC[C@H]1CNC[C@]1(O)c1ccccc1. The van der Waals surface area contributed by atoms with Crippen LogP contribution >= 0.6 is 0 Å². The molecule has 1 aromatic carbocycles. The van der Waals surface area contributed by atoms with Crippen LogP contribution in [0, 0.1) is 5.92 Å². The highest BCUT2D eigenvalue weighted by Gasteiger charge is 2.41. The summed E-state index contributed by atoms with van der Waals surface area (Å²) in [5, 5.41) is 22.7. The van der Waals surface area contributed by atoms with Crippen molar-refractivity contribution >= 4 is 0 Å². The van der Waals surface area contributed by atoms with Gasteiger partial charge in [-0.2, -0.15) is 0 Å². The quantitative estimate of drug-likeness (QED) is 0.623. The van der Waals surface area contributed by atoms with E-state index in [0.29, 0.717) is 13.1 Å². The second kappa shape index (κ2) is 3.69. The molecule has 0 aromatic heterocycles. The number of β-amino-alcohol motifs (C(OH)–C–C–N with tert-alkyl or cyclic N) is 1. The number of aliphatic hydroxyl groups excluding tert-OH is 1. The molecule has 2 atom stereocenters. The fraction of sp³-hybridized carbons (Fsp3) is 0.455. The van der Waals surface area contributed by atoms with Crippen molar-refractivity contribution in [1.29, 1.82) is 0 Å². The molecule has 0 bridgehead atoms. The molecule has 1 aromatic rings. The largest absolute Gasteiger partial charge is 0.396 e. The van der Waals surface area contributed by atoms with Crippen molar-refractivity contribution in [3.8, 4) is 0 Å². The first-order chi connectivity index (χ1) is 6.77. The molecule has 76 valence electrons. The van der Waals surface area contributed by atoms with E-state index in [4.69, 9.17) is 5.11 Å². The Labute approximate surface area is 83.4 Å². The maximum atomic E-state index is 10.4.